The molecule has 3 rings (SSSR count). The normalized spacial score (nSPS) is 11.6. The van der Waals surface area contributed by atoms with E-state index in [1.165, 1.54) is 29.9 Å². The van der Waals surface area contributed by atoms with Gasteiger partial charge in [0.15, 0.2) is 11.5 Å². The summed E-state index contributed by atoms with van der Waals surface area (Å²) in [5, 5.41) is 9.87. The summed E-state index contributed by atoms with van der Waals surface area (Å²) in [6.07, 6.45) is -3.14. The summed E-state index contributed by atoms with van der Waals surface area (Å²) in [4.78, 5) is 12.3. The minimum absolute atomic E-state index is 0.137. The van der Waals surface area contributed by atoms with E-state index in [0.717, 1.165) is 4.68 Å². The van der Waals surface area contributed by atoms with Crippen LogP contribution in [0.1, 0.15) is 21.7 Å². The smallest absolute Gasteiger partial charge is 0.304 e. The Balaban J connectivity index is 1.76. The van der Waals surface area contributed by atoms with Crippen molar-refractivity contribution in [3.05, 3.63) is 63.8 Å². The van der Waals surface area contributed by atoms with Crippen molar-refractivity contribution in [2.24, 2.45) is 7.05 Å². The molecule has 0 aliphatic carbocycles. The van der Waals surface area contributed by atoms with E-state index in [-0.39, 0.29) is 23.9 Å². The highest BCUT2D eigenvalue weighted by Crippen LogP contribution is 2.35. The van der Waals surface area contributed by atoms with Crippen molar-refractivity contribution >= 4 is 27.7 Å². The van der Waals surface area contributed by atoms with E-state index in [4.69, 9.17) is 0 Å². The van der Waals surface area contributed by atoms with E-state index in [9.17, 15) is 22.4 Å². The molecule has 0 saturated heterocycles. The van der Waals surface area contributed by atoms with E-state index in [1.54, 1.807) is 18.3 Å². The lowest BCUT2D eigenvalue weighted by Crippen LogP contribution is -2.17. The molecule has 0 aliphatic heterocycles. The third-order valence-electron chi connectivity index (χ3n) is 3.59. The quantitative estimate of drug-likeness (QED) is 0.620. The van der Waals surface area contributed by atoms with Crippen molar-refractivity contribution in [1.29, 1.82) is 0 Å². The van der Waals surface area contributed by atoms with E-state index in [1.807, 2.05) is 0 Å². The number of alkyl halides is 3. The summed E-state index contributed by atoms with van der Waals surface area (Å²) in [5.74, 6) is -1.05. The van der Waals surface area contributed by atoms with Gasteiger partial charge < -0.3 is 5.32 Å². The van der Waals surface area contributed by atoms with Crippen molar-refractivity contribution in [2.45, 2.75) is 12.7 Å². The first kappa shape index (κ1) is 19.1. The monoisotopic (exact) mass is 445 g/mol. The molecular formula is C16H12BrF4N5O. The van der Waals surface area contributed by atoms with Crippen molar-refractivity contribution in [3.8, 4) is 0 Å². The number of benzene rings is 1. The Hall–Kier alpha value is -2.69. The summed E-state index contributed by atoms with van der Waals surface area (Å²) in [6.45, 7) is 0.265. The van der Waals surface area contributed by atoms with Crippen LogP contribution in [0.25, 0.3) is 0 Å². The molecule has 1 N–H and O–H groups in total. The number of aromatic nitrogens is 4. The molecule has 0 spiro atoms. The maximum Gasteiger partial charge on any atom is 0.436 e. The number of rotatable bonds is 4. The number of anilines is 1. The van der Waals surface area contributed by atoms with Crippen molar-refractivity contribution < 1.29 is 22.4 Å². The summed E-state index contributed by atoms with van der Waals surface area (Å²) in [7, 11) is 1.23. The number of carbonyl (C=O) groups is 1. The highest BCUT2D eigenvalue weighted by molar-refractivity contribution is 9.10. The second-order valence-electron chi connectivity index (χ2n) is 5.62. The number of hydrogen-bond donors (Lipinski definition) is 1. The summed E-state index contributed by atoms with van der Waals surface area (Å²) in [6, 6.07) is 7.43. The van der Waals surface area contributed by atoms with Gasteiger partial charge in [0.25, 0.3) is 5.91 Å². The number of nitrogens with one attached hydrogen (secondary N) is 1. The summed E-state index contributed by atoms with van der Waals surface area (Å²) < 4.78 is 53.7. The molecule has 2 aromatic heterocycles. The van der Waals surface area contributed by atoms with Gasteiger partial charge in [-0.05, 0) is 33.6 Å². The number of hydrogen-bond acceptors (Lipinski definition) is 3. The van der Waals surface area contributed by atoms with Crippen LogP contribution >= 0.6 is 15.9 Å². The first-order chi connectivity index (χ1) is 12.6. The van der Waals surface area contributed by atoms with Crippen LogP contribution in [0.5, 0.6) is 0 Å². The molecule has 3 aromatic rings. The van der Waals surface area contributed by atoms with E-state index in [2.05, 4.69) is 31.4 Å². The first-order valence-corrected chi connectivity index (χ1v) is 8.33. The molecule has 11 heteroatoms. The minimum atomic E-state index is -4.69. The van der Waals surface area contributed by atoms with Crippen LogP contribution in [-0.2, 0) is 19.8 Å². The Morgan fingerprint density at radius 3 is 2.63 bits per heavy atom. The maximum atomic E-state index is 13.2. The second kappa shape index (κ2) is 7.14. The van der Waals surface area contributed by atoms with Gasteiger partial charge in [-0.25, -0.2) is 4.39 Å². The summed E-state index contributed by atoms with van der Waals surface area (Å²) >= 11 is 2.78. The lowest BCUT2D eigenvalue weighted by molar-refractivity contribution is -0.142. The lowest BCUT2D eigenvalue weighted by atomic mass is 10.2. The van der Waals surface area contributed by atoms with Gasteiger partial charge in [-0.2, -0.15) is 23.4 Å². The van der Waals surface area contributed by atoms with Crippen molar-refractivity contribution in [1.82, 2.24) is 19.6 Å². The predicted octanol–water partition coefficient (Wildman–Crippen LogP) is 3.84. The first-order valence-electron chi connectivity index (χ1n) is 7.54. The Morgan fingerprint density at radius 1 is 1.26 bits per heavy atom. The standard InChI is InChI=1S/C16H12BrF4N5O/c1-25-13(12(17)14(24-25)16(19,20)21)15(27)22-11-5-6-26(23-11)8-9-3-2-4-10(18)7-9/h2-7H,8H2,1H3,(H,22,23,27). The predicted molar refractivity (Wildman–Crippen MR) is 91.6 cm³/mol. The molecule has 1 amide bonds. The highest BCUT2D eigenvalue weighted by Gasteiger charge is 2.39. The molecule has 0 bridgehead atoms. The zero-order valence-electron chi connectivity index (χ0n) is 13.8. The average Bonchev–Trinajstić information content (AvgIpc) is 3.10. The van der Waals surface area contributed by atoms with Gasteiger partial charge in [0.2, 0.25) is 0 Å². The molecule has 0 aliphatic rings. The fraction of sp³-hybridized carbons (Fsp3) is 0.188. The fourth-order valence-electron chi connectivity index (χ4n) is 2.44. The van der Waals surface area contributed by atoms with Crippen LogP contribution in [0, 0.1) is 5.82 Å². The molecule has 6 nitrogen and oxygen atoms in total. The summed E-state index contributed by atoms with van der Waals surface area (Å²) in [5.41, 5.74) is -0.811. The molecule has 0 fully saturated rings. The third kappa shape index (κ3) is 4.18. The van der Waals surface area contributed by atoms with Crippen molar-refractivity contribution in [2.75, 3.05) is 5.32 Å². The van der Waals surface area contributed by atoms with Gasteiger partial charge in [-0.3, -0.25) is 14.2 Å². The largest absolute Gasteiger partial charge is 0.436 e. The minimum Gasteiger partial charge on any atom is -0.304 e. The average molecular weight is 446 g/mol. The Labute approximate surface area is 158 Å². The number of aryl methyl sites for hydroxylation is 1. The van der Waals surface area contributed by atoms with E-state index in [0.29, 0.717) is 5.56 Å². The van der Waals surface area contributed by atoms with Gasteiger partial charge in [-0.15, -0.1) is 0 Å². The van der Waals surface area contributed by atoms with Gasteiger partial charge in [-0.1, -0.05) is 12.1 Å². The van der Waals surface area contributed by atoms with Crippen LogP contribution in [0.15, 0.2) is 41.0 Å². The zero-order valence-corrected chi connectivity index (χ0v) is 15.3. The number of halogens is 5. The van der Waals surface area contributed by atoms with Crippen LogP contribution < -0.4 is 5.32 Å². The molecule has 2 heterocycles. The lowest BCUT2D eigenvalue weighted by Gasteiger charge is -2.04. The highest BCUT2D eigenvalue weighted by atomic mass is 79.9. The molecular weight excluding hydrogens is 434 g/mol. The van der Waals surface area contributed by atoms with Crippen molar-refractivity contribution in [3.63, 3.8) is 0 Å². The second-order valence-corrected chi connectivity index (χ2v) is 6.41. The fourth-order valence-corrected chi connectivity index (χ4v) is 3.18. The van der Waals surface area contributed by atoms with Crippen LogP contribution in [-0.4, -0.2) is 25.5 Å². The zero-order chi connectivity index (χ0) is 19.8. The van der Waals surface area contributed by atoms with Gasteiger partial charge >= 0.3 is 6.18 Å². The Bertz CT molecular complexity index is 995. The topological polar surface area (TPSA) is 64.7 Å². The Kier molecular flexibility index (Phi) is 5.05. The van der Waals surface area contributed by atoms with Gasteiger partial charge in [0, 0.05) is 19.3 Å². The van der Waals surface area contributed by atoms with Crippen LogP contribution in [0.2, 0.25) is 0 Å². The SMILES string of the molecule is Cn1nc(C(F)(F)F)c(Br)c1C(=O)Nc1ccn(Cc2cccc(F)c2)n1. The maximum absolute atomic E-state index is 13.2. The van der Waals surface area contributed by atoms with Gasteiger partial charge in [0.05, 0.1) is 11.0 Å². The van der Waals surface area contributed by atoms with E-state index < -0.39 is 22.3 Å². The van der Waals surface area contributed by atoms with Crippen LogP contribution in [0.3, 0.4) is 0 Å². The number of amides is 1. The van der Waals surface area contributed by atoms with Crippen LogP contribution in [0.4, 0.5) is 23.4 Å². The molecule has 0 saturated carbocycles. The van der Waals surface area contributed by atoms with Gasteiger partial charge in [0.1, 0.15) is 11.5 Å². The third-order valence-corrected chi connectivity index (χ3v) is 4.34. The molecule has 142 valence electrons. The molecule has 1 aromatic carbocycles. The van der Waals surface area contributed by atoms with E-state index >= 15 is 0 Å². The molecule has 27 heavy (non-hydrogen) atoms. The molecule has 0 radical (unpaired) electrons. The molecule has 0 atom stereocenters. The number of nitrogens with zero attached hydrogens (tertiary/aromatic N) is 4. The Morgan fingerprint density at radius 2 is 2.00 bits per heavy atom. The number of carbonyl (C=O) groups excluding carboxylic acids is 1. The molecule has 0 unspecified atom stereocenters.